The molecule has 1 atom stereocenters. The fraction of sp³-hybridized carbons (Fsp3) is 0.600. The number of anilines is 2. The quantitative estimate of drug-likeness (QED) is 0.868. The number of hydrogen-bond donors (Lipinski definition) is 2. The molecule has 1 aromatic heterocycles. The number of nitrogens with zero attached hydrogens (tertiary/aromatic N) is 2. The average Bonchev–Trinajstić information content (AvgIpc) is 2.81. The van der Waals surface area contributed by atoms with E-state index >= 15 is 0 Å². The molecule has 88 valence electrons. The van der Waals surface area contributed by atoms with Crippen molar-refractivity contribution in [3.63, 3.8) is 0 Å². The molecule has 0 bridgehead atoms. The molecule has 0 saturated carbocycles. The maximum Gasteiger partial charge on any atom is 0.224 e. The summed E-state index contributed by atoms with van der Waals surface area (Å²) in [5.41, 5.74) is 0. The number of aromatic nitrogens is 2. The molecule has 1 aliphatic rings. The predicted octanol–water partition coefficient (Wildman–Crippen LogP) is 2.34. The molecule has 0 aromatic carbocycles. The van der Waals surface area contributed by atoms with Crippen LogP contribution in [-0.2, 0) is 0 Å². The fourth-order valence-electron chi connectivity index (χ4n) is 1.60. The van der Waals surface area contributed by atoms with E-state index in [0.717, 1.165) is 18.3 Å². The van der Waals surface area contributed by atoms with Gasteiger partial charge in [-0.05, 0) is 23.8 Å². The fourth-order valence-corrected chi connectivity index (χ4v) is 3.04. The Morgan fingerprint density at radius 3 is 3.19 bits per heavy atom. The first-order chi connectivity index (χ1) is 7.79. The molecule has 1 aliphatic heterocycles. The number of rotatable bonds is 4. The lowest BCUT2D eigenvalue weighted by atomic mass is 10.1. The second-order valence-electron chi connectivity index (χ2n) is 3.75. The van der Waals surface area contributed by atoms with Gasteiger partial charge in [0.05, 0.1) is 6.20 Å². The van der Waals surface area contributed by atoms with Gasteiger partial charge < -0.3 is 10.6 Å². The standard InChI is InChI=1S/C10H15ClN4S/c1-12-10-14-5-8(11)9(15-10)13-4-7-2-3-16-6-7/h5,7H,2-4,6H2,1H3,(H2,12,13,14,15). The molecule has 0 aliphatic carbocycles. The molecule has 2 N–H and O–H groups in total. The van der Waals surface area contributed by atoms with Crippen molar-refractivity contribution in [1.29, 1.82) is 0 Å². The summed E-state index contributed by atoms with van der Waals surface area (Å²) in [4.78, 5) is 8.32. The van der Waals surface area contributed by atoms with Crippen molar-refractivity contribution in [2.24, 2.45) is 5.92 Å². The van der Waals surface area contributed by atoms with Crippen molar-refractivity contribution in [3.8, 4) is 0 Å². The molecule has 6 heteroatoms. The molecule has 1 fully saturated rings. The zero-order valence-corrected chi connectivity index (χ0v) is 10.7. The van der Waals surface area contributed by atoms with Gasteiger partial charge in [-0.2, -0.15) is 16.7 Å². The van der Waals surface area contributed by atoms with Gasteiger partial charge in [0.25, 0.3) is 0 Å². The minimum atomic E-state index is 0.574. The van der Waals surface area contributed by atoms with Crippen LogP contribution < -0.4 is 10.6 Å². The number of halogens is 1. The molecule has 1 unspecified atom stereocenters. The highest BCUT2D eigenvalue weighted by atomic mass is 35.5. The summed E-state index contributed by atoms with van der Waals surface area (Å²) in [5.74, 6) is 4.54. The van der Waals surface area contributed by atoms with Crippen molar-refractivity contribution < 1.29 is 0 Å². The zero-order chi connectivity index (χ0) is 11.4. The lowest BCUT2D eigenvalue weighted by molar-refractivity contribution is 0.630. The second-order valence-corrected chi connectivity index (χ2v) is 5.31. The first-order valence-corrected chi connectivity index (χ1v) is 6.84. The summed E-state index contributed by atoms with van der Waals surface area (Å²) >= 11 is 8.03. The van der Waals surface area contributed by atoms with Crippen molar-refractivity contribution in [1.82, 2.24) is 9.97 Å². The maximum absolute atomic E-state index is 6.02. The molecule has 0 spiro atoms. The molecule has 0 radical (unpaired) electrons. The Morgan fingerprint density at radius 2 is 2.50 bits per heavy atom. The highest BCUT2D eigenvalue weighted by Gasteiger charge is 2.15. The molecule has 1 saturated heterocycles. The highest BCUT2D eigenvalue weighted by molar-refractivity contribution is 7.99. The number of thioether (sulfide) groups is 1. The summed E-state index contributed by atoms with van der Waals surface area (Å²) < 4.78 is 0. The van der Waals surface area contributed by atoms with Crippen molar-refractivity contribution in [2.45, 2.75) is 6.42 Å². The van der Waals surface area contributed by atoms with Gasteiger partial charge in [0.1, 0.15) is 10.8 Å². The lowest BCUT2D eigenvalue weighted by Gasteiger charge is -2.12. The van der Waals surface area contributed by atoms with Crippen LogP contribution in [0.25, 0.3) is 0 Å². The Kier molecular flexibility index (Phi) is 4.12. The van der Waals surface area contributed by atoms with Crippen LogP contribution in [0.3, 0.4) is 0 Å². The zero-order valence-electron chi connectivity index (χ0n) is 9.16. The highest BCUT2D eigenvalue weighted by Crippen LogP contribution is 2.25. The summed E-state index contributed by atoms with van der Waals surface area (Å²) in [5, 5.41) is 6.76. The molecular weight excluding hydrogens is 244 g/mol. The van der Waals surface area contributed by atoms with Gasteiger partial charge in [0.15, 0.2) is 0 Å². The van der Waals surface area contributed by atoms with Gasteiger partial charge in [-0.3, -0.25) is 0 Å². The maximum atomic E-state index is 6.02. The first kappa shape index (κ1) is 11.8. The van der Waals surface area contributed by atoms with Crippen LogP contribution >= 0.6 is 23.4 Å². The third-order valence-corrected chi connectivity index (χ3v) is 4.06. The Balaban J connectivity index is 1.96. The van der Waals surface area contributed by atoms with E-state index in [2.05, 4.69) is 20.6 Å². The van der Waals surface area contributed by atoms with E-state index in [1.165, 1.54) is 17.9 Å². The van der Waals surface area contributed by atoms with E-state index in [1.54, 1.807) is 13.2 Å². The molecule has 4 nitrogen and oxygen atoms in total. The summed E-state index contributed by atoms with van der Waals surface area (Å²) in [6.07, 6.45) is 2.89. The van der Waals surface area contributed by atoms with E-state index in [-0.39, 0.29) is 0 Å². The number of hydrogen-bond acceptors (Lipinski definition) is 5. The molecular formula is C10H15ClN4S. The average molecular weight is 259 g/mol. The van der Waals surface area contributed by atoms with Crippen LogP contribution in [-0.4, -0.2) is 35.1 Å². The van der Waals surface area contributed by atoms with E-state index in [9.17, 15) is 0 Å². The van der Waals surface area contributed by atoms with E-state index in [0.29, 0.717) is 11.0 Å². The van der Waals surface area contributed by atoms with Crippen LogP contribution in [0.15, 0.2) is 6.20 Å². The molecule has 2 rings (SSSR count). The topological polar surface area (TPSA) is 49.8 Å². The minimum Gasteiger partial charge on any atom is -0.368 e. The summed E-state index contributed by atoms with van der Waals surface area (Å²) in [6, 6.07) is 0. The Hall–Kier alpha value is -0.680. The monoisotopic (exact) mass is 258 g/mol. The van der Waals surface area contributed by atoms with Crippen LogP contribution in [0.2, 0.25) is 5.02 Å². The van der Waals surface area contributed by atoms with Crippen molar-refractivity contribution in [2.75, 3.05) is 35.7 Å². The van der Waals surface area contributed by atoms with Crippen LogP contribution in [0, 0.1) is 5.92 Å². The van der Waals surface area contributed by atoms with Gasteiger partial charge in [-0.25, -0.2) is 4.98 Å². The Morgan fingerprint density at radius 1 is 1.62 bits per heavy atom. The van der Waals surface area contributed by atoms with Gasteiger partial charge in [-0.15, -0.1) is 0 Å². The van der Waals surface area contributed by atoms with E-state index in [1.807, 2.05) is 11.8 Å². The van der Waals surface area contributed by atoms with Gasteiger partial charge in [0, 0.05) is 13.6 Å². The Bertz CT molecular complexity index is 355. The third kappa shape index (κ3) is 2.92. The molecule has 16 heavy (non-hydrogen) atoms. The predicted molar refractivity (Wildman–Crippen MR) is 70.5 cm³/mol. The molecule has 2 heterocycles. The number of nitrogens with one attached hydrogen (secondary N) is 2. The van der Waals surface area contributed by atoms with Crippen molar-refractivity contribution in [3.05, 3.63) is 11.2 Å². The van der Waals surface area contributed by atoms with Gasteiger partial charge in [0.2, 0.25) is 5.95 Å². The summed E-state index contributed by atoms with van der Waals surface area (Å²) in [6.45, 7) is 0.937. The van der Waals surface area contributed by atoms with Gasteiger partial charge in [-0.1, -0.05) is 11.6 Å². The molecule has 0 amide bonds. The summed E-state index contributed by atoms with van der Waals surface area (Å²) in [7, 11) is 1.79. The molecule has 1 aromatic rings. The largest absolute Gasteiger partial charge is 0.368 e. The van der Waals surface area contributed by atoms with E-state index in [4.69, 9.17) is 11.6 Å². The minimum absolute atomic E-state index is 0.574. The van der Waals surface area contributed by atoms with E-state index < -0.39 is 0 Å². The smallest absolute Gasteiger partial charge is 0.224 e. The second kappa shape index (κ2) is 5.59. The third-order valence-electron chi connectivity index (χ3n) is 2.55. The SMILES string of the molecule is CNc1ncc(Cl)c(NCC2CCSC2)n1. The van der Waals surface area contributed by atoms with Crippen molar-refractivity contribution >= 4 is 35.1 Å². The van der Waals surface area contributed by atoms with Gasteiger partial charge >= 0.3 is 0 Å². The van der Waals surface area contributed by atoms with Crippen LogP contribution in [0.5, 0.6) is 0 Å². The Labute approximate surface area is 105 Å². The first-order valence-electron chi connectivity index (χ1n) is 5.31. The normalized spacial score (nSPS) is 19.8. The van der Waals surface area contributed by atoms with Crippen LogP contribution in [0.1, 0.15) is 6.42 Å². The van der Waals surface area contributed by atoms with Crippen LogP contribution in [0.4, 0.5) is 11.8 Å². The lowest BCUT2D eigenvalue weighted by Crippen LogP contribution is -2.15.